The van der Waals surface area contributed by atoms with Crippen LogP contribution in [-0.2, 0) is 18.0 Å². The first-order chi connectivity index (χ1) is 8.83. The number of nitrogens with zero attached hydrogens (tertiary/aromatic N) is 6. The van der Waals surface area contributed by atoms with Gasteiger partial charge in [-0.3, -0.25) is 0 Å². The highest BCUT2D eigenvalue weighted by atomic mass is 16.5. The number of aromatic amines is 1. The SMILES string of the molecule is On1nnc2cc(COCc3nn[nH]n3)ccc21. The molecule has 0 bridgehead atoms. The van der Waals surface area contributed by atoms with Gasteiger partial charge in [0.1, 0.15) is 17.6 Å². The second kappa shape index (κ2) is 4.37. The molecule has 18 heavy (non-hydrogen) atoms. The minimum atomic E-state index is 0.279. The van der Waals surface area contributed by atoms with Crippen molar-refractivity contribution in [2.45, 2.75) is 13.2 Å². The molecule has 2 aromatic heterocycles. The zero-order valence-electron chi connectivity index (χ0n) is 9.19. The first kappa shape index (κ1) is 10.6. The minimum absolute atomic E-state index is 0.279. The van der Waals surface area contributed by atoms with E-state index in [1.54, 1.807) is 12.1 Å². The number of benzene rings is 1. The second-order valence-electron chi connectivity index (χ2n) is 3.62. The summed E-state index contributed by atoms with van der Waals surface area (Å²) in [5, 5.41) is 29.9. The van der Waals surface area contributed by atoms with Gasteiger partial charge in [-0.2, -0.15) is 5.21 Å². The maximum atomic E-state index is 9.29. The van der Waals surface area contributed by atoms with E-state index in [2.05, 4.69) is 30.9 Å². The van der Waals surface area contributed by atoms with E-state index in [1.807, 2.05) is 6.07 Å². The Balaban J connectivity index is 1.67. The predicted octanol–water partition coefficient (Wildman–Crippen LogP) is -0.102. The van der Waals surface area contributed by atoms with Crippen LogP contribution in [0.3, 0.4) is 0 Å². The van der Waals surface area contributed by atoms with Gasteiger partial charge in [-0.25, -0.2) is 0 Å². The number of aromatic nitrogens is 7. The van der Waals surface area contributed by atoms with E-state index >= 15 is 0 Å². The molecule has 9 nitrogen and oxygen atoms in total. The number of nitrogens with one attached hydrogen (secondary N) is 1. The molecule has 9 heteroatoms. The smallest absolute Gasteiger partial charge is 0.200 e. The first-order valence-electron chi connectivity index (χ1n) is 5.16. The highest BCUT2D eigenvalue weighted by molar-refractivity contribution is 5.74. The molecule has 3 rings (SSSR count). The van der Waals surface area contributed by atoms with Crippen molar-refractivity contribution >= 4 is 11.0 Å². The molecule has 0 saturated carbocycles. The number of hydrogen-bond donors (Lipinski definition) is 2. The monoisotopic (exact) mass is 247 g/mol. The van der Waals surface area contributed by atoms with Crippen LogP contribution in [0.15, 0.2) is 18.2 Å². The molecule has 0 saturated heterocycles. The fourth-order valence-electron chi connectivity index (χ4n) is 1.55. The van der Waals surface area contributed by atoms with Crippen LogP contribution in [0.25, 0.3) is 11.0 Å². The Bertz CT molecular complexity index is 648. The van der Waals surface area contributed by atoms with E-state index in [0.29, 0.717) is 23.5 Å². The van der Waals surface area contributed by atoms with E-state index in [-0.39, 0.29) is 6.61 Å². The third-order valence-electron chi connectivity index (χ3n) is 2.38. The average Bonchev–Trinajstić information content (AvgIpc) is 3.00. The van der Waals surface area contributed by atoms with Gasteiger partial charge < -0.3 is 9.94 Å². The Kier molecular flexibility index (Phi) is 2.57. The minimum Gasteiger partial charge on any atom is -0.410 e. The van der Waals surface area contributed by atoms with Crippen molar-refractivity contribution in [3.05, 3.63) is 29.6 Å². The van der Waals surface area contributed by atoms with Crippen LogP contribution in [0.4, 0.5) is 0 Å². The zero-order valence-corrected chi connectivity index (χ0v) is 9.19. The molecule has 0 atom stereocenters. The van der Waals surface area contributed by atoms with Crippen LogP contribution >= 0.6 is 0 Å². The van der Waals surface area contributed by atoms with Gasteiger partial charge in [0.05, 0.1) is 6.61 Å². The molecule has 0 spiro atoms. The first-order valence-corrected chi connectivity index (χ1v) is 5.16. The van der Waals surface area contributed by atoms with Crippen molar-refractivity contribution in [3.8, 4) is 0 Å². The van der Waals surface area contributed by atoms with Crippen LogP contribution in [-0.4, -0.2) is 41.0 Å². The highest BCUT2D eigenvalue weighted by Crippen LogP contribution is 2.13. The lowest BCUT2D eigenvalue weighted by Gasteiger charge is -2.01. The molecular weight excluding hydrogens is 238 g/mol. The third kappa shape index (κ3) is 1.98. The van der Waals surface area contributed by atoms with Crippen LogP contribution in [0, 0.1) is 0 Å². The standard InChI is InChI=1S/C9H9N7O2/c17-16-8-2-1-6(3-7(8)10-15-16)4-18-5-9-11-13-14-12-9/h1-3,17H,4-5H2,(H,11,12,13,14). The molecule has 0 radical (unpaired) electrons. The molecule has 0 aliphatic rings. The Morgan fingerprint density at radius 1 is 1.28 bits per heavy atom. The lowest BCUT2D eigenvalue weighted by Crippen LogP contribution is -1.96. The van der Waals surface area contributed by atoms with Gasteiger partial charge in [0.2, 0.25) is 0 Å². The molecule has 0 fully saturated rings. The lowest BCUT2D eigenvalue weighted by molar-refractivity contribution is 0.102. The molecule has 0 unspecified atom stereocenters. The molecular formula is C9H9N7O2. The van der Waals surface area contributed by atoms with E-state index < -0.39 is 0 Å². The topological polar surface area (TPSA) is 115 Å². The van der Waals surface area contributed by atoms with Gasteiger partial charge in [-0.15, -0.1) is 15.3 Å². The summed E-state index contributed by atoms with van der Waals surface area (Å²) in [6.07, 6.45) is 0. The maximum Gasteiger partial charge on any atom is 0.200 e. The average molecular weight is 247 g/mol. The van der Waals surface area contributed by atoms with E-state index in [4.69, 9.17) is 4.74 Å². The zero-order chi connectivity index (χ0) is 12.4. The molecule has 2 N–H and O–H groups in total. The van der Waals surface area contributed by atoms with Gasteiger partial charge in [0.15, 0.2) is 5.82 Å². The molecule has 0 aliphatic heterocycles. The molecule has 0 amide bonds. The summed E-state index contributed by atoms with van der Waals surface area (Å²) in [6, 6.07) is 5.35. The number of H-pyrrole nitrogens is 1. The van der Waals surface area contributed by atoms with Crippen molar-refractivity contribution in [3.63, 3.8) is 0 Å². The second-order valence-corrected chi connectivity index (χ2v) is 3.62. The lowest BCUT2D eigenvalue weighted by atomic mass is 10.2. The van der Waals surface area contributed by atoms with Crippen molar-refractivity contribution in [1.29, 1.82) is 0 Å². The summed E-state index contributed by atoms with van der Waals surface area (Å²) in [4.78, 5) is 0.735. The summed E-state index contributed by atoms with van der Waals surface area (Å²) in [7, 11) is 0. The van der Waals surface area contributed by atoms with Gasteiger partial charge in [0, 0.05) is 0 Å². The Hall–Kier alpha value is -2.55. The molecule has 1 aromatic carbocycles. The fraction of sp³-hybridized carbons (Fsp3) is 0.222. The number of hydrogen-bond acceptors (Lipinski definition) is 7. The number of rotatable bonds is 4. The summed E-state index contributed by atoms with van der Waals surface area (Å²) < 4.78 is 5.42. The fourth-order valence-corrected chi connectivity index (χ4v) is 1.55. The van der Waals surface area contributed by atoms with Crippen LogP contribution in [0.1, 0.15) is 11.4 Å². The normalized spacial score (nSPS) is 11.1. The van der Waals surface area contributed by atoms with Crippen LogP contribution in [0.5, 0.6) is 0 Å². The van der Waals surface area contributed by atoms with Gasteiger partial charge >= 0.3 is 0 Å². The van der Waals surface area contributed by atoms with Gasteiger partial charge in [-0.05, 0) is 22.9 Å². The highest BCUT2D eigenvalue weighted by Gasteiger charge is 2.05. The van der Waals surface area contributed by atoms with Gasteiger partial charge in [0.25, 0.3) is 0 Å². The molecule has 92 valence electrons. The maximum absolute atomic E-state index is 9.29. The number of fused-ring (bicyclic) bond motifs is 1. The summed E-state index contributed by atoms with van der Waals surface area (Å²) >= 11 is 0. The van der Waals surface area contributed by atoms with E-state index in [0.717, 1.165) is 10.4 Å². The van der Waals surface area contributed by atoms with Crippen LogP contribution in [0.2, 0.25) is 0 Å². The van der Waals surface area contributed by atoms with Crippen molar-refractivity contribution in [2.75, 3.05) is 0 Å². The summed E-state index contributed by atoms with van der Waals surface area (Å²) in [6.45, 7) is 0.671. The van der Waals surface area contributed by atoms with Crippen molar-refractivity contribution in [2.24, 2.45) is 0 Å². The Morgan fingerprint density at radius 3 is 3.06 bits per heavy atom. The van der Waals surface area contributed by atoms with Crippen LogP contribution < -0.4 is 0 Å². The largest absolute Gasteiger partial charge is 0.410 e. The number of ether oxygens (including phenoxy) is 1. The Labute approximate surface area is 100 Å². The summed E-state index contributed by atoms with van der Waals surface area (Å²) in [5.74, 6) is 0.498. The third-order valence-corrected chi connectivity index (χ3v) is 2.38. The molecule has 0 aliphatic carbocycles. The van der Waals surface area contributed by atoms with Crippen molar-refractivity contribution in [1.82, 2.24) is 35.8 Å². The van der Waals surface area contributed by atoms with Gasteiger partial charge in [-0.1, -0.05) is 16.1 Å². The summed E-state index contributed by atoms with van der Waals surface area (Å²) in [5.41, 5.74) is 2.08. The Morgan fingerprint density at radius 2 is 2.22 bits per heavy atom. The number of tetrazole rings is 1. The quantitative estimate of drug-likeness (QED) is 0.618. The molecule has 3 aromatic rings. The van der Waals surface area contributed by atoms with E-state index in [1.165, 1.54) is 0 Å². The van der Waals surface area contributed by atoms with E-state index in [9.17, 15) is 5.21 Å². The van der Waals surface area contributed by atoms with Crippen molar-refractivity contribution < 1.29 is 9.94 Å². The molecule has 2 heterocycles. The predicted molar refractivity (Wildman–Crippen MR) is 57.4 cm³/mol.